The molecule has 5 rings (SSSR count). The smallest absolute Gasteiger partial charge is 0.301 e. The molecule has 0 unspecified atom stereocenters. The van der Waals surface area contributed by atoms with E-state index in [4.69, 9.17) is 14.2 Å². The Kier molecular flexibility index (Phi) is 7.86. The van der Waals surface area contributed by atoms with Crippen LogP contribution in [0.25, 0.3) is 5.76 Å². The number of thiazole rings is 1. The molecule has 2 aliphatic rings. The Hall–Kier alpha value is -4.18. The zero-order valence-electron chi connectivity index (χ0n) is 23.6. The molecule has 0 spiro atoms. The predicted molar refractivity (Wildman–Crippen MR) is 155 cm³/mol. The minimum absolute atomic E-state index is 0.00187. The molecule has 0 saturated carbocycles. The highest BCUT2D eigenvalue weighted by Gasteiger charge is 2.48. The van der Waals surface area contributed by atoms with Crippen LogP contribution in [0.1, 0.15) is 72.2 Å². The van der Waals surface area contributed by atoms with Gasteiger partial charge in [0.1, 0.15) is 17.6 Å². The lowest BCUT2D eigenvalue weighted by molar-refractivity contribution is -0.132. The van der Waals surface area contributed by atoms with E-state index in [1.807, 2.05) is 20.8 Å². The maximum Gasteiger partial charge on any atom is 0.301 e. The molecule has 10 heteroatoms. The van der Waals surface area contributed by atoms with Gasteiger partial charge in [0, 0.05) is 18.9 Å². The molecule has 0 bridgehead atoms. The third kappa shape index (κ3) is 5.19. The summed E-state index contributed by atoms with van der Waals surface area (Å²) in [4.78, 5) is 45.6. The zero-order valence-corrected chi connectivity index (χ0v) is 24.5. The van der Waals surface area contributed by atoms with Crippen molar-refractivity contribution in [1.82, 2.24) is 4.98 Å². The number of Topliss-reactive ketones (excluding diaryl/α,β-unsaturated/α-hetero) is 2. The molecule has 1 N–H and O–H groups in total. The van der Waals surface area contributed by atoms with Crippen LogP contribution in [0.15, 0.2) is 42.0 Å². The highest BCUT2D eigenvalue weighted by Crippen LogP contribution is 2.46. The number of hydrogen-bond donors (Lipinski definition) is 1. The number of amides is 1. The SMILES string of the molecule is CCCOc1ccc([C@H]2C(=C(O)c3ccc4c(c3)C[C@@H](C)O4)C(=O)C(=O)N2c2nc(C)c(C(C)=O)s2)cc1OCC. The van der Waals surface area contributed by atoms with Crippen molar-refractivity contribution in [2.45, 2.75) is 59.6 Å². The Morgan fingerprint density at radius 2 is 1.93 bits per heavy atom. The Morgan fingerprint density at radius 1 is 1.15 bits per heavy atom. The molecule has 214 valence electrons. The molecule has 2 aliphatic heterocycles. The monoisotopic (exact) mass is 576 g/mol. The van der Waals surface area contributed by atoms with Crippen LogP contribution >= 0.6 is 11.3 Å². The van der Waals surface area contributed by atoms with Gasteiger partial charge in [0.05, 0.1) is 35.4 Å². The number of nitrogens with zero attached hydrogens (tertiary/aromatic N) is 2. The van der Waals surface area contributed by atoms with E-state index in [1.165, 1.54) is 11.8 Å². The number of hydrogen-bond acceptors (Lipinski definition) is 9. The number of carbonyl (C=O) groups is 3. The fraction of sp³-hybridized carbons (Fsp3) is 0.355. The molecular formula is C31H32N2O7S. The first-order chi connectivity index (χ1) is 19.6. The number of aliphatic hydroxyl groups is 1. The summed E-state index contributed by atoms with van der Waals surface area (Å²) in [5.74, 6) is -0.474. The van der Waals surface area contributed by atoms with Gasteiger partial charge in [-0.2, -0.15) is 0 Å². The molecule has 0 aliphatic carbocycles. The summed E-state index contributed by atoms with van der Waals surface area (Å²) < 4.78 is 17.5. The maximum absolute atomic E-state index is 13.6. The van der Waals surface area contributed by atoms with E-state index in [0.717, 1.165) is 29.1 Å². The number of benzene rings is 2. The lowest BCUT2D eigenvalue weighted by atomic mass is 9.94. The minimum atomic E-state index is -1.02. The summed E-state index contributed by atoms with van der Waals surface area (Å²) in [7, 11) is 0. The normalized spacial score (nSPS) is 19.3. The largest absolute Gasteiger partial charge is 0.507 e. The van der Waals surface area contributed by atoms with Gasteiger partial charge < -0.3 is 19.3 Å². The summed E-state index contributed by atoms with van der Waals surface area (Å²) in [6.45, 7) is 9.78. The Labute approximate surface area is 242 Å². The van der Waals surface area contributed by atoms with E-state index in [0.29, 0.717) is 52.8 Å². The van der Waals surface area contributed by atoms with Crippen molar-refractivity contribution in [3.8, 4) is 17.2 Å². The molecule has 1 amide bonds. The summed E-state index contributed by atoms with van der Waals surface area (Å²) in [5, 5.41) is 11.8. The topological polar surface area (TPSA) is 115 Å². The number of ether oxygens (including phenoxy) is 3. The first-order valence-electron chi connectivity index (χ1n) is 13.6. The average Bonchev–Trinajstić information content (AvgIpc) is 3.59. The summed E-state index contributed by atoms with van der Waals surface area (Å²) in [5.41, 5.74) is 2.21. The van der Waals surface area contributed by atoms with Gasteiger partial charge in [0.2, 0.25) is 0 Å². The van der Waals surface area contributed by atoms with Crippen molar-refractivity contribution < 1.29 is 33.7 Å². The van der Waals surface area contributed by atoms with E-state index < -0.39 is 17.7 Å². The molecule has 2 atom stereocenters. The second kappa shape index (κ2) is 11.4. The maximum atomic E-state index is 13.6. The van der Waals surface area contributed by atoms with Gasteiger partial charge >= 0.3 is 5.91 Å². The van der Waals surface area contributed by atoms with Crippen molar-refractivity contribution in [3.05, 3.63) is 69.2 Å². The van der Waals surface area contributed by atoms with E-state index >= 15 is 0 Å². The Balaban J connectivity index is 1.70. The van der Waals surface area contributed by atoms with Crippen molar-refractivity contribution in [2.75, 3.05) is 18.1 Å². The number of aromatic nitrogens is 1. The summed E-state index contributed by atoms with van der Waals surface area (Å²) in [6.07, 6.45) is 1.47. The highest BCUT2D eigenvalue weighted by molar-refractivity contribution is 7.18. The molecule has 2 aromatic carbocycles. The van der Waals surface area contributed by atoms with Crippen molar-refractivity contribution in [3.63, 3.8) is 0 Å². The molecule has 41 heavy (non-hydrogen) atoms. The van der Waals surface area contributed by atoms with Gasteiger partial charge in [-0.3, -0.25) is 19.3 Å². The van der Waals surface area contributed by atoms with Gasteiger partial charge in [-0.15, -0.1) is 0 Å². The second-order valence-electron chi connectivity index (χ2n) is 10.1. The zero-order chi connectivity index (χ0) is 29.4. The lowest BCUT2D eigenvalue weighted by Crippen LogP contribution is -2.29. The number of fused-ring (bicyclic) bond motifs is 1. The highest BCUT2D eigenvalue weighted by atomic mass is 32.1. The molecule has 3 aromatic rings. The number of rotatable bonds is 9. The number of aliphatic hydroxyl groups excluding tert-OH is 1. The van der Waals surface area contributed by atoms with Crippen molar-refractivity contribution >= 4 is 39.7 Å². The van der Waals surface area contributed by atoms with E-state index in [1.54, 1.807) is 43.3 Å². The van der Waals surface area contributed by atoms with Gasteiger partial charge in [0.15, 0.2) is 22.4 Å². The van der Waals surface area contributed by atoms with Crippen LogP contribution in [0.2, 0.25) is 0 Å². The fourth-order valence-corrected chi connectivity index (χ4v) is 6.17. The molecule has 1 saturated heterocycles. The number of anilines is 1. The van der Waals surface area contributed by atoms with Gasteiger partial charge in [-0.05, 0) is 68.7 Å². The quantitative estimate of drug-likeness (QED) is 0.147. The van der Waals surface area contributed by atoms with Gasteiger partial charge in [-0.25, -0.2) is 4.98 Å². The summed E-state index contributed by atoms with van der Waals surface area (Å²) >= 11 is 1.04. The predicted octanol–water partition coefficient (Wildman–Crippen LogP) is 5.79. The Morgan fingerprint density at radius 3 is 2.61 bits per heavy atom. The average molecular weight is 577 g/mol. The molecule has 9 nitrogen and oxygen atoms in total. The molecular weight excluding hydrogens is 544 g/mol. The Bertz CT molecular complexity index is 1570. The van der Waals surface area contributed by atoms with Crippen LogP contribution in [0.3, 0.4) is 0 Å². The third-order valence-electron chi connectivity index (χ3n) is 6.97. The van der Waals surface area contributed by atoms with Crippen LogP contribution in [-0.2, 0) is 16.0 Å². The first kappa shape index (κ1) is 28.4. The fourth-order valence-electron chi connectivity index (χ4n) is 5.18. The molecule has 3 heterocycles. The van der Waals surface area contributed by atoms with Crippen LogP contribution in [0.4, 0.5) is 5.13 Å². The number of aryl methyl sites for hydroxylation is 1. The van der Waals surface area contributed by atoms with Crippen LogP contribution < -0.4 is 19.1 Å². The second-order valence-corrected chi connectivity index (χ2v) is 11.1. The van der Waals surface area contributed by atoms with Gasteiger partial charge in [0.25, 0.3) is 5.78 Å². The van der Waals surface area contributed by atoms with E-state index in [-0.39, 0.29) is 28.4 Å². The van der Waals surface area contributed by atoms with Gasteiger partial charge in [-0.1, -0.05) is 24.3 Å². The molecule has 0 radical (unpaired) electrons. The standard InChI is InChI=1S/C31H32N2O7S/c1-6-12-39-23-11-8-19(15-24(23)38-7-2)26-25(27(35)20-9-10-22-21(14-20)13-16(3)40-22)28(36)30(37)33(26)31-32-17(4)29(41-31)18(5)34/h8-11,14-16,26,35H,6-7,12-13H2,1-5H3/t16-,26+/m1/s1. The number of carbonyl (C=O) groups excluding carboxylic acids is 3. The van der Waals surface area contributed by atoms with Crippen LogP contribution in [0.5, 0.6) is 17.2 Å². The number of ketones is 2. The molecule has 1 fully saturated rings. The summed E-state index contributed by atoms with van der Waals surface area (Å²) in [6, 6.07) is 9.39. The van der Waals surface area contributed by atoms with Crippen LogP contribution in [0, 0.1) is 6.92 Å². The molecule has 1 aromatic heterocycles. The van der Waals surface area contributed by atoms with E-state index in [9.17, 15) is 19.5 Å². The van der Waals surface area contributed by atoms with E-state index in [2.05, 4.69) is 4.98 Å². The third-order valence-corrected chi connectivity index (χ3v) is 8.23. The van der Waals surface area contributed by atoms with Crippen molar-refractivity contribution in [2.24, 2.45) is 0 Å². The minimum Gasteiger partial charge on any atom is -0.507 e. The first-order valence-corrected chi connectivity index (χ1v) is 14.4. The van der Waals surface area contributed by atoms with Crippen LogP contribution in [-0.4, -0.2) is 46.9 Å². The lowest BCUT2D eigenvalue weighted by Gasteiger charge is -2.24. The van der Waals surface area contributed by atoms with Crippen molar-refractivity contribution in [1.29, 1.82) is 0 Å².